The first-order valence-electron chi connectivity index (χ1n) is 16.0. The topological polar surface area (TPSA) is 165 Å². The summed E-state index contributed by atoms with van der Waals surface area (Å²) in [5.74, 6) is 0. The van der Waals surface area contributed by atoms with Gasteiger partial charge in [0.1, 0.15) is 0 Å². The molecule has 0 radical (unpaired) electrons. The lowest BCUT2D eigenvalue weighted by molar-refractivity contribution is -0.180. The second-order valence-corrected chi connectivity index (χ2v) is 13.2. The van der Waals surface area contributed by atoms with Crippen LogP contribution in [0, 0.1) is 0 Å². The number of benzene rings is 3. The highest BCUT2D eigenvalue weighted by Gasteiger charge is 2.39. The van der Waals surface area contributed by atoms with Crippen LogP contribution >= 0.6 is 0 Å². The molecule has 4 rings (SSSR count). The summed E-state index contributed by atoms with van der Waals surface area (Å²) in [6.07, 6.45) is 3.70. The van der Waals surface area contributed by atoms with Crippen molar-refractivity contribution in [2.75, 3.05) is 43.7 Å². The fraction of sp³-hybridized carbons (Fsp3) is 0.543. The van der Waals surface area contributed by atoms with Crippen LogP contribution < -0.4 is 38.8 Å². The van der Waals surface area contributed by atoms with Crippen molar-refractivity contribution in [3.8, 4) is 0 Å². The molecule has 250 valence electrons. The quantitative estimate of drug-likeness (QED) is 0.0726. The Hall–Kier alpha value is -3.80. The fourth-order valence-corrected chi connectivity index (χ4v) is 6.07. The smallest absolute Gasteiger partial charge is 0.264 e. The predicted molar refractivity (Wildman–Crippen MR) is 187 cm³/mol. The first kappa shape index (κ1) is 35.1. The molecule has 2 atom stereocenters. The van der Waals surface area contributed by atoms with E-state index < -0.39 is 45.3 Å². The summed E-state index contributed by atoms with van der Waals surface area (Å²) in [5.41, 5.74) is 8.93. The summed E-state index contributed by atoms with van der Waals surface area (Å²) in [4.78, 5) is 55.9. The zero-order chi connectivity index (χ0) is 34.1. The maximum atomic E-state index is 14.1. The fourth-order valence-electron chi connectivity index (χ4n) is 6.07. The van der Waals surface area contributed by atoms with Gasteiger partial charge in [0, 0.05) is 24.7 Å². The van der Waals surface area contributed by atoms with Gasteiger partial charge in [-0.1, -0.05) is 38.3 Å². The van der Waals surface area contributed by atoms with Crippen molar-refractivity contribution >= 4 is 49.4 Å². The van der Waals surface area contributed by atoms with Gasteiger partial charge in [0.05, 0.1) is 74.9 Å². The molecule has 46 heavy (non-hydrogen) atoms. The number of rotatable bonds is 15. The van der Waals surface area contributed by atoms with Crippen LogP contribution in [-0.2, 0) is 14.2 Å². The molecule has 0 amide bonds. The van der Waals surface area contributed by atoms with Gasteiger partial charge in [-0.2, -0.15) is 0 Å². The van der Waals surface area contributed by atoms with E-state index in [0.29, 0.717) is 25.4 Å². The Bertz CT molecular complexity index is 1950. The average Bonchev–Trinajstić information content (AvgIpc) is 3.26. The van der Waals surface area contributed by atoms with Crippen LogP contribution in [0.3, 0.4) is 0 Å². The molecule has 1 heterocycles. The molecule has 0 aliphatic rings. The molecule has 1 aromatic heterocycles. The largest absolute Gasteiger partial charge is 0.397 e. The molecule has 3 aromatic carbocycles. The maximum Gasteiger partial charge on any atom is 0.264 e. The SMILES string of the molecule is CCCCCCNc1cccc2c(=O)c3c(N)c4c(=O)n(C(C)C(C)(C)OC(C)C(C)(C)OCCOC)c(=O)c4c(N)c3c(=O)c12. The van der Waals surface area contributed by atoms with Crippen LogP contribution in [0.2, 0.25) is 0 Å². The Kier molecular flexibility index (Phi) is 10.3. The lowest BCUT2D eigenvalue weighted by Crippen LogP contribution is -2.49. The average molecular weight is 637 g/mol. The van der Waals surface area contributed by atoms with E-state index in [2.05, 4.69) is 12.2 Å². The number of ether oxygens (including phenoxy) is 3. The van der Waals surface area contributed by atoms with Gasteiger partial charge in [0.15, 0.2) is 10.9 Å². The summed E-state index contributed by atoms with van der Waals surface area (Å²) in [6.45, 7) is 14.4. The minimum Gasteiger partial charge on any atom is -0.397 e. The van der Waals surface area contributed by atoms with Crippen LogP contribution in [0.25, 0.3) is 32.3 Å². The third-order valence-corrected chi connectivity index (χ3v) is 9.39. The van der Waals surface area contributed by atoms with Gasteiger partial charge in [0.2, 0.25) is 0 Å². The summed E-state index contributed by atoms with van der Waals surface area (Å²) < 4.78 is 18.5. The van der Waals surface area contributed by atoms with Crippen molar-refractivity contribution in [3.63, 3.8) is 0 Å². The first-order chi connectivity index (χ1) is 21.6. The maximum absolute atomic E-state index is 14.1. The standard InChI is InChI=1S/C35H48N4O7/c1-9-10-11-12-16-38-22-15-13-14-21-23(22)31(41)25-24(30(21)40)28(36)26-27(29(25)37)33(43)39(32(26)42)19(2)34(4,5)46-20(3)35(6,7)45-18-17-44-8/h13-15,19-20,38H,9-12,16-18,36-37H2,1-8H3. The number of nitrogens with two attached hydrogens (primary N) is 2. The summed E-state index contributed by atoms with van der Waals surface area (Å²) in [6, 6.07) is 4.21. The van der Waals surface area contributed by atoms with E-state index in [1.807, 2.05) is 20.8 Å². The molecule has 0 saturated carbocycles. The van der Waals surface area contributed by atoms with E-state index in [0.717, 1.165) is 30.3 Å². The van der Waals surface area contributed by atoms with Crippen molar-refractivity contribution in [2.24, 2.45) is 0 Å². The molecule has 0 saturated heterocycles. The van der Waals surface area contributed by atoms with Crippen molar-refractivity contribution in [3.05, 3.63) is 59.4 Å². The Morgan fingerprint density at radius 3 is 2.00 bits per heavy atom. The highest BCUT2D eigenvalue weighted by atomic mass is 16.6. The molecular weight excluding hydrogens is 588 g/mol. The molecule has 0 bridgehead atoms. The zero-order valence-corrected chi connectivity index (χ0v) is 28.3. The van der Waals surface area contributed by atoms with Gasteiger partial charge < -0.3 is 31.0 Å². The monoisotopic (exact) mass is 636 g/mol. The second kappa shape index (κ2) is 13.5. The number of aromatic nitrogens is 1. The molecule has 4 aromatic rings. The van der Waals surface area contributed by atoms with Crippen LogP contribution in [0.1, 0.15) is 80.2 Å². The number of nitrogens with zero attached hydrogens (tertiary/aromatic N) is 1. The lowest BCUT2D eigenvalue weighted by Gasteiger charge is -2.40. The van der Waals surface area contributed by atoms with Crippen LogP contribution in [0.5, 0.6) is 0 Å². The van der Waals surface area contributed by atoms with E-state index >= 15 is 0 Å². The van der Waals surface area contributed by atoms with Gasteiger partial charge in [-0.15, -0.1) is 0 Å². The van der Waals surface area contributed by atoms with Gasteiger partial charge in [-0.3, -0.25) is 23.7 Å². The van der Waals surface area contributed by atoms with Gasteiger partial charge in [-0.05, 0) is 54.0 Å². The van der Waals surface area contributed by atoms with E-state index in [4.69, 9.17) is 25.7 Å². The first-order valence-corrected chi connectivity index (χ1v) is 16.0. The second-order valence-electron chi connectivity index (χ2n) is 13.2. The molecule has 0 fully saturated rings. The van der Waals surface area contributed by atoms with E-state index in [9.17, 15) is 19.2 Å². The Labute approximate surface area is 268 Å². The summed E-state index contributed by atoms with van der Waals surface area (Å²) >= 11 is 0. The van der Waals surface area contributed by atoms with Crippen molar-refractivity contribution in [2.45, 2.75) is 97.5 Å². The number of nitrogen functional groups attached to an aromatic ring is 2. The van der Waals surface area contributed by atoms with Crippen LogP contribution in [0.4, 0.5) is 17.1 Å². The Morgan fingerprint density at radius 2 is 1.41 bits per heavy atom. The third-order valence-electron chi connectivity index (χ3n) is 9.39. The molecule has 5 N–H and O–H groups in total. The van der Waals surface area contributed by atoms with Crippen LogP contribution in [0.15, 0.2) is 37.4 Å². The number of hydrogen-bond donors (Lipinski definition) is 3. The third kappa shape index (κ3) is 6.15. The predicted octanol–water partition coefficient (Wildman–Crippen LogP) is 4.61. The molecule has 0 aliphatic carbocycles. The zero-order valence-electron chi connectivity index (χ0n) is 28.3. The van der Waals surface area contributed by atoms with E-state index in [1.165, 1.54) is 0 Å². The van der Waals surface area contributed by atoms with Crippen molar-refractivity contribution < 1.29 is 14.2 Å². The molecule has 0 spiro atoms. The molecule has 11 heteroatoms. The Balaban J connectivity index is 1.87. The number of anilines is 3. The number of fused-ring (bicyclic) bond motifs is 3. The van der Waals surface area contributed by atoms with Crippen molar-refractivity contribution in [1.29, 1.82) is 0 Å². The minimum atomic E-state index is -1.04. The summed E-state index contributed by atoms with van der Waals surface area (Å²) in [7, 11) is 1.59. The van der Waals surface area contributed by atoms with Gasteiger partial charge in [-0.25, -0.2) is 0 Å². The number of hydrogen-bond acceptors (Lipinski definition) is 10. The number of methoxy groups -OCH3 is 1. The molecular formula is C35H48N4O7. The Morgan fingerprint density at radius 1 is 0.804 bits per heavy atom. The number of nitrogens with one attached hydrogen (secondary N) is 1. The minimum absolute atomic E-state index is 0.149. The van der Waals surface area contributed by atoms with E-state index in [-0.39, 0.29) is 43.7 Å². The van der Waals surface area contributed by atoms with Gasteiger partial charge in [0.25, 0.3) is 11.1 Å². The molecule has 0 aliphatic heterocycles. The van der Waals surface area contributed by atoms with Crippen LogP contribution in [-0.4, -0.2) is 48.7 Å². The highest BCUT2D eigenvalue weighted by molar-refractivity contribution is 6.21. The van der Waals surface area contributed by atoms with Gasteiger partial charge >= 0.3 is 0 Å². The number of unbranched alkanes of at least 4 members (excludes halogenated alkanes) is 3. The molecule has 11 nitrogen and oxygen atoms in total. The normalized spacial score (nSPS) is 14.0. The highest BCUT2D eigenvalue weighted by Crippen LogP contribution is 2.35. The van der Waals surface area contributed by atoms with Crippen molar-refractivity contribution in [1.82, 2.24) is 4.57 Å². The van der Waals surface area contributed by atoms with E-state index in [1.54, 1.807) is 46.1 Å². The molecule has 2 unspecified atom stereocenters. The summed E-state index contributed by atoms with van der Waals surface area (Å²) in [5, 5.41) is 3.00. The lowest BCUT2D eigenvalue weighted by atomic mass is 9.96.